The summed E-state index contributed by atoms with van der Waals surface area (Å²) >= 11 is 0. The Kier molecular flexibility index (Phi) is 7.52. The number of likely N-dealkylation sites (tertiary alicyclic amines) is 1. The maximum absolute atomic E-state index is 10.5. The SMILES string of the molecule is COc1ccc(-c2nnc(CN(C)CC3CCN(CC(O)c4ccccc4)CC3)o2)cc1. The van der Waals surface area contributed by atoms with Gasteiger partial charge in [-0.3, -0.25) is 4.90 Å². The van der Waals surface area contributed by atoms with Crippen LogP contribution in [0.2, 0.25) is 0 Å². The van der Waals surface area contributed by atoms with E-state index in [1.165, 1.54) is 0 Å². The Bertz CT molecular complexity index is 953. The second-order valence-electron chi connectivity index (χ2n) is 8.60. The van der Waals surface area contributed by atoms with Gasteiger partial charge in [-0.2, -0.15) is 0 Å². The molecule has 2 heterocycles. The van der Waals surface area contributed by atoms with E-state index in [0.717, 1.165) is 49.4 Å². The first-order chi connectivity index (χ1) is 15.6. The Hall–Kier alpha value is -2.74. The number of hydrogen-bond donors (Lipinski definition) is 1. The molecule has 0 amide bonds. The Morgan fingerprint density at radius 2 is 1.81 bits per heavy atom. The molecule has 1 aliphatic heterocycles. The summed E-state index contributed by atoms with van der Waals surface area (Å²) in [6, 6.07) is 17.5. The minimum Gasteiger partial charge on any atom is -0.497 e. The van der Waals surface area contributed by atoms with E-state index in [9.17, 15) is 5.11 Å². The molecule has 3 aromatic rings. The fourth-order valence-electron chi connectivity index (χ4n) is 4.28. The van der Waals surface area contributed by atoms with Crippen molar-refractivity contribution in [2.75, 3.05) is 40.3 Å². The standard InChI is InChI=1S/C25H32N4O3/c1-28(18-24-26-27-25(32-24)21-8-10-22(31-2)11-9-21)16-19-12-14-29(15-13-19)17-23(30)20-6-4-3-5-7-20/h3-11,19,23,30H,12-18H2,1-2H3. The molecule has 1 unspecified atom stereocenters. The first kappa shape index (κ1) is 22.5. The number of ether oxygens (including phenoxy) is 1. The lowest BCUT2D eigenvalue weighted by atomic mass is 9.95. The molecule has 0 aliphatic carbocycles. The molecule has 2 aromatic carbocycles. The van der Waals surface area contributed by atoms with Crippen molar-refractivity contribution in [1.29, 1.82) is 0 Å². The first-order valence-corrected chi connectivity index (χ1v) is 11.2. The predicted octanol–water partition coefficient (Wildman–Crippen LogP) is 3.62. The number of aliphatic hydroxyl groups excluding tert-OH is 1. The lowest BCUT2D eigenvalue weighted by molar-refractivity contribution is 0.0818. The van der Waals surface area contributed by atoms with Gasteiger partial charge in [-0.1, -0.05) is 30.3 Å². The lowest BCUT2D eigenvalue weighted by Gasteiger charge is -2.34. The van der Waals surface area contributed by atoms with E-state index in [0.29, 0.717) is 30.8 Å². The molecule has 1 saturated heterocycles. The lowest BCUT2D eigenvalue weighted by Crippen LogP contribution is -2.39. The molecule has 1 N–H and O–H groups in total. The minimum absolute atomic E-state index is 0.423. The molecule has 1 fully saturated rings. The summed E-state index contributed by atoms with van der Waals surface area (Å²) in [6.07, 6.45) is 1.84. The van der Waals surface area contributed by atoms with Crippen LogP contribution >= 0.6 is 0 Å². The van der Waals surface area contributed by atoms with E-state index in [1.54, 1.807) is 7.11 Å². The Labute approximate surface area is 189 Å². The van der Waals surface area contributed by atoms with E-state index < -0.39 is 6.10 Å². The van der Waals surface area contributed by atoms with Crippen LogP contribution in [0.25, 0.3) is 11.5 Å². The van der Waals surface area contributed by atoms with Crippen LogP contribution in [-0.2, 0) is 6.54 Å². The van der Waals surface area contributed by atoms with Crippen LogP contribution in [0.1, 0.15) is 30.4 Å². The molecule has 170 valence electrons. The summed E-state index contributed by atoms with van der Waals surface area (Å²) < 4.78 is 11.1. The highest BCUT2D eigenvalue weighted by atomic mass is 16.5. The van der Waals surface area contributed by atoms with Gasteiger partial charge in [0.05, 0.1) is 19.8 Å². The van der Waals surface area contributed by atoms with Crippen molar-refractivity contribution in [3.63, 3.8) is 0 Å². The van der Waals surface area contributed by atoms with Crippen molar-refractivity contribution in [1.82, 2.24) is 20.0 Å². The number of piperidine rings is 1. The molecule has 0 saturated carbocycles. The van der Waals surface area contributed by atoms with Crippen LogP contribution in [0.3, 0.4) is 0 Å². The zero-order valence-corrected chi connectivity index (χ0v) is 18.9. The Morgan fingerprint density at radius 1 is 1.09 bits per heavy atom. The van der Waals surface area contributed by atoms with Crippen molar-refractivity contribution < 1.29 is 14.3 Å². The average molecular weight is 437 g/mol. The number of benzene rings is 2. The fraction of sp³-hybridized carbons (Fsp3) is 0.440. The molecule has 0 spiro atoms. The summed E-state index contributed by atoms with van der Waals surface area (Å²) in [5, 5.41) is 18.9. The quantitative estimate of drug-likeness (QED) is 0.549. The minimum atomic E-state index is -0.423. The molecule has 0 bridgehead atoms. The van der Waals surface area contributed by atoms with Crippen LogP contribution in [0.15, 0.2) is 59.0 Å². The van der Waals surface area contributed by atoms with Gasteiger partial charge in [-0.25, -0.2) is 0 Å². The van der Waals surface area contributed by atoms with Crippen molar-refractivity contribution in [2.24, 2.45) is 5.92 Å². The van der Waals surface area contributed by atoms with E-state index in [4.69, 9.17) is 9.15 Å². The van der Waals surface area contributed by atoms with Gasteiger partial charge in [0.25, 0.3) is 0 Å². The third-order valence-corrected chi connectivity index (χ3v) is 6.10. The highest BCUT2D eigenvalue weighted by molar-refractivity contribution is 5.53. The monoisotopic (exact) mass is 436 g/mol. The van der Waals surface area contributed by atoms with E-state index in [-0.39, 0.29) is 0 Å². The van der Waals surface area contributed by atoms with Crippen LogP contribution in [-0.4, -0.2) is 65.4 Å². The van der Waals surface area contributed by atoms with Crippen molar-refractivity contribution in [3.05, 3.63) is 66.1 Å². The second-order valence-corrected chi connectivity index (χ2v) is 8.60. The molecule has 0 radical (unpaired) electrons. The second kappa shape index (κ2) is 10.7. The molecule has 32 heavy (non-hydrogen) atoms. The van der Waals surface area contributed by atoms with Crippen LogP contribution in [0, 0.1) is 5.92 Å². The summed E-state index contributed by atoms with van der Waals surface area (Å²) in [7, 11) is 3.75. The van der Waals surface area contributed by atoms with Crippen molar-refractivity contribution in [3.8, 4) is 17.2 Å². The summed E-state index contributed by atoms with van der Waals surface area (Å²) in [4.78, 5) is 4.62. The number of aliphatic hydroxyl groups is 1. The van der Waals surface area contributed by atoms with Gasteiger partial charge in [-0.05, 0) is 68.7 Å². The number of rotatable bonds is 9. The van der Waals surface area contributed by atoms with Crippen LogP contribution < -0.4 is 4.74 Å². The van der Waals surface area contributed by atoms with Crippen molar-refractivity contribution >= 4 is 0 Å². The fourth-order valence-corrected chi connectivity index (χ4v) is 4.28. The summed E-state index contributed by atoms with van der Waals surface area (Å²) in [5.41, 5.74) is 1.88. The zero-order valence-electron chi connectivity index (χ0n) is 18.9. The maximum Gasteiger partial charge on any atom is 0.247 e. The summed E-state index contributed by atoms with van der Waals surface area (Å²) in [5.74, 6) is 2.59. The van der Waals surface area contributed by atoms with Gasteiger partial charge in [0.15, 0.2) is 0 Å². The van der Waals surface area contributed by atoms with Crippen molar-refractivity contribution in [2.45, 2.75) is 25.5 Å². The molecule has 1 aromatic heterocycles. The molecular weight excluding hydrogens is 404 g/mol. The van der Waals surface area contributed by atoms with Gasteiger partial charge in [0.2, 0.25) is 11.8 Å². The van der Waals surface area contributed by atoms with Gasteiger partial charge in [-0.15, -0.1) is 10.2 Å². The predicted molar refractivity (Wildman–Crippen MR) is 123 cm³/mol. The van der Waals surface area contributed by atoms with Gasteiger partial charge >= 0.3 is 0 Å². The maximum atomic E-state index is 10.5. The molecule has 7 heteroatoms. The summed E-state index contributed by atoms with van der Waals surface area (Å²) in [6.45, 7) is 4.36. The number of β-amino-alcohol motifs (C(OH)–C–C–N with tert-alkyl or cyclic N) is 1. The molecule has 4 rings (SSSR count). The first-order valence-electron chi connectivity index (χ1n) is 11.2. The van der Waals surface area contributed by atoms with Crippen LogP contribution in [0.5, 0.6) is 5.75 Å². The average Bonchev–Trinajstić information content (AvgIpc) is 3.29. The zero-order chi connectivity index (χ0) is 22.3. The van der Waals surface area contributed by atoms with Gasteiger partial charge in [0.1, 0.15) is 5.75 Å². The largest absolute Gasteiger partial charge is 0.497 e. The highest BCUT2D eigenvalue weighted by Gasteiger charge is 2.23. The van der Waals surface area contributed by atoms with E-state index >= 15 is 0 Å². The van der Waals surface area contributed by atoms with Crippen LogP contribution in [0.4, 0.5) is 0 Å². The number of methoxy groups -OCH3 is 1. The molecule has 1 aliphatic rings. The molecule has 7 nitrogen and oxygen atoms in total. The third kappa shape index (κ3) is 5.94. The topological polar surface area (TPSA) is 74.9 Å². The smallest absolute Gasteiger partial charge is 0.247 e. The number of hydrogen-bond acceptors (Lipinski definition) is 7. The highest BCUT2D eigenvalue weighted by Crippen LogP contribution is 2.23. The third-order valence-electron chi connectivity index (χ3n) is 6.10. The number of aromatic nitrogens is 2. The Balaban J connectivity index is 1.21. The van der Waals surface area contributed by atoms with Gasteiger partial charge in [0, 0.05) is 18.7 Å². The van der Waals surface area contributed by atoms with Gasteiger partial charge < -0.3 is 19.2 Å². The molecule has 1 atom stereocenters. The normalized spacial score (nSPS) is 16.4. The molecular formula is C25H32N4O3. The Morgan fingerprint density at radius 3 is 2.50 bits per heavy atom. The van der Waals surface area contributed by atoms with E-state index in [2.05, 4.69) is 27.0 Å². The van der Waals surface area contributed by atoms with E-state index in [1.807, 2.05) is 54.6 Å². The number of nitrogens with zero attached hydrogens (tertiary/aromatic N) is 4.